The minimum atomic E-state index is -0.796. The Bertz CT molecular complexity index is 400. The molecule has 0 saturated heterocycles. The Morgan fingerprint density at radius 1 is 1.47 bits per heavy atom. The van der Waals surface area contributed by atoms with Gasteiger partial charge in [0.2, 0.25) is 5.91 Å². The molecule has 4 N–H and O–H groups in total. The smallest absolute Gasteiger partial charge is 0.237 e. The van der Waals surface area contributed by atoms with Crippen molar-refractivity contribution in [2.24, 2.45) is 5.73 Å². The Hall–Kier alpha value is -1.04. The molecule has 0 spiro atoms. The summed E-state index contributed by atoms with van der Waals surface area (Å²) >= 11 is 1.66. The van der Waals surface area contributed by atoms with Gasteiger partial charge < -0.3 is 16.2 Å². The molecule has 0 fully saturated rings. The Morgan fingerprint density at radius 2 is 2.11 bits per heavy atom. The van der Waals surface area contributed by atoms with Gasteiger partial charge in [-0.15, -0.1) is 0 Å². The number of carbonyl (C=O) groups excluding carboxylic acids is 1. The van der Waals surface area contributed by atoms with Crippen molar-refractivity contribution in [1.29, 1.82) is 0 Å². The number of benzene rings is 1. The number of carbonyl (C=O) groups is 1. The van der Waals surface area contributed by atoms with Gasteiger partial charge in [0.25, 0.3) is 0 Å². The van der Waals surface area contributed by atoms with E-state index in [1.54, 1.807) is 18.7 Å². The number of rotatable bonds is 7. The van der Waals surface area contributed by atoms with Gasteiger partial charge in [-0.05, 0) is 30.9 Å². The molecule has 0 aliphatic carbocycles. The van der Waals surface area contributed by atoms with Crippen LogP contribution < -0.4 is 11.1 Å². The van der Waals surface area contributed by atoms with E-state index in [4.69, 9.17) is 5.73 Å². The third-order valence-corrected chi connectivity index (χ3v) is 3.74. The lowest BCUT2D eigenvalue weighted by molar-refractivity contribution is -0.124. The zero-order valence-corrected chi connectivity index (χ0v) is 12.2. The lowest BCUT2D eigenvalue weighted by Gasteiger charge is -2.30. The van der Waals surface area contributed by atoms with E-state index in [0.29, 0.717) is 6.42 Å². The predicted molar refractivity (Wildman–Crippen MR) is 80.0 cm³/mol. The fourth-order valence-electron chi connectivity index (χ4n) is 1.75. The highest BCUT2D eigenvalue weighted by Crippen LogP contribution is 2.20. The fourth-order valence-corrected chi connectivity index (χ4v) is 2.24. The van der Waals surface area contributed by atoms with Gasteiger partial charge in [-0.1, -0.05) is 30.3 Å². The first-order chi connectivity index (χ1) is 9.03. The first-order valence-electron chi connectivity index (χ1n) is 6.26. The molecule has 1 aromatic carbocycles. The van der Waals surface area contributed by atoms with E-state index in [0.717, 1.165) is 11.3 Å². The Morgan fingerprint density at radius 3 is 2.63 bits per heavy atom. The summed E-state index contributed by atoms with van der Waals surface area (Å²) in [6.45, 7) is 1.62. The highest BCUT2D eigenvalue weighted by molar-refractivity contribution is 7.98. The number of thioether (sulfide) groups is 1. The Balaban J connectivity index is 2.73. The molecule has 0 saturated carbocycles. The van der Waals surface area contributed by atoms with Crippen molar-refractivity contribution < 1.29 is 9.90 Å². The molecule has 5 heteroatoms. The van der Waals surface area contributed by atoms with Gasteiger partial charge in [-0.2, -0.15) is 11.8 Å². The summed E-state index contributed by atoms with van der Waals surface area (Å²) in [5.41, 5.74) is 5.90. The van der Waals surface area contributed by atoms with E-state index in [1.807, 2.05) is 36.6 Å². The minimum absolute atomic E-state index is 0.169. The van der Waals surface area contributed by atoms with Crippen molar-refractivity contribution in [3.05, 3.63) is 35.9 Å². The molecule has 0 bridgehead atoms. The number of aliphatic hydroxyl groups excluding tert-OH is 1. The van der Waals surface area contributed by atoms with Crippen LogP contribution in [0.25, 0.3) is 0 Å². The van der Waals surface area contributed by atoms with Crippen LogP contribution in [0.5, 0.6) is 0 Å². The molecule has 1 aromatic rings. The molecule has 1 rings (SSSR count). The summed E-state index contributed by atoms with van der Waals surface area (Å²) in [5.74, 6) is 0.616. The summed E-state index contributed by atoms with van der Waals surface area (Å²) in [5, 5.41) is 12.4. The van der Waals surface area contributed by atoms with Crippen molar-refractivity contribution in [2.75, 3.05) is 18.6 Å². The van der Waals surface area contributed by atoms with Crippen molar-refractivity contribution in [3.63, 3.8) is 0 Å². The molecule has 0 aromatic heterocycles. The monoisotopic (exact) mass is 282 g/mol. The van der Waals surface area contributed by atoms with Crippen LogP contribution in [-0.4, -0.2) is 35.7 Å². The third-order valence-electron chi connectivity index (χ3n) is 3.10. The highest BCUT2D eigenvalue weighted by Gasteiger charge is 2.29. The van der Waals surface area contributed by atoms with Crippen LogP contribution in [0.15, 0.2) is 30.3 Å². The third kappa shape index (κ3) is 4.53. The average Bonchev–Trinajstić information content (AvgIpc) is 2.45. The predicted octanol–water partition coefficient (Wildman–Crippen LogP) is 1.09. The largest absolute Gasteiger partial charge is 0.394 e. The van der Waals surface area contributed by atoms with Gasteiger partial charge in [-0.3, -0.25) is 4.79 Å². The zero-order chi connectivity index (χ0) is 14.3. The molecular formula is C14H22N2O2S. The second-order valence-electron chi connectivity index (χ2n) is 4.73. The van der Waals surface area contributed by atoms with Crippen molar-refractivity contribution in [3.8, 4) is 0 Å². The minimum Gasteiger partial charge on any atom is -0.394 e. The van der Waals surface area contributed by atoms with Crippen molar-refractivity contribution in [1.82, 2.24) is 5.32 Å². The van der Waals surface area contributed by atoms with E-state index in [-0.39, 0.29) is 12.5 Å². The molecule has 2 atom stereocenters. The second-order valence-corrected chi connectivity index (χ2v) is 5.72. The van der Waals surface area contributed by atoms with Crippen LogP contribution in [0, 0.1) is 0 Å². The first kappa shape index (κ1) is 16.0. The summed E-state index contributed by atoms with van der Waals surface area (Å²) < 4.78 is 0. The second kappa shape index (κ2) is 7.53. The van der Waals surface area contributed by atoms with Gasteiger partial charge in [0.1, 0.15) is 0 Å². The first-order valence-corrected chi connectivity index (χ1v) is 7.66. The SMILES string of the molecule is CSCC[C@@H](N)C(=O)NC(C)(CO)c1ccccc1. The molecule has 106 valence electrons. The van der Waals surface area contributed by atoms with Gasteiger partial charge in [-0.25, -0.2) is 0 Å². The molecule has 0 radical (unpaired) electrons. The topological polar surface area (TPSA) is 75.4 Å². The van der Waals surface area contributed by atoms with Gasteiger partial charge in [0, 0.05) is 0 Å². The van der Waals surface area contributed by atoms with Crippen LogP contribution in [0.3, 0.4) is 0 Å². The molecule has 0 heterocycles. The molecule has 0 aliphatic rings. The Kier molecular flexibility index (Phi) is 6.34. The van der Waals surface area contributed by atoms with E-state index in [2.05, 4.69) is 5.32 Å². The number of aliphatic hydroxyl groups is 1. The molecule has 1 amide bonds. The summed E-state index contributed by atoms with van der Waals surface area (Å²) in [6.07, 6.45) is 2.61. The lowest BCUT2D eigenvalue weighted by Crippen LogP contribution is -2.52. The summed E-state index contributed by atoms with van der Waals surface area (Å²) in [4.78, 5) is 12.0. The summed E-state index contributed by atoms with van der Waals surface area (Å²) in [6, 6.07) is 8.87. The van der Waals surface area contributed by atoms with Crippen LogP contribution in [-0.2, 0) is 10.3 Å². The number of nitrogens with one attached hydrogen (secondary N) is 1. The fraction of sp³-hybridized carbons (Fsp3) is 0.500. The maximum Gasteiger partial charge on any atom is 0.237 e. The summed E-state index contributed by atoms with van der Waals surface area (Å²) in [7, 11) is 0. The highest BCUT2D eigenvalue weighted by atomic mass is 32.2. The molecule has 19 heavy (non-hydrogen) atoms. The molecular weight excluding hydrogens is 260 g/mol. The maximum absolute atomic E-state index is 12.0. The van der Waals surface area contributed by atoms with Crippen LogP contribution in [0.1, 0.15) is 18.9 Å². The maximum atomic E-state index is 12.0. The molecule has 1 unspecified atom stereocenters. The van der Waals surface area contributed by atoms with Crippen LogP contribution in [0.2, 0.25) is 0 Å². The molecule has 4 nitrogen and oxygen atoms in total. The lowest BCUT2D eigenvalue weighted by atomic mass is 9.92. The number of amides is 1. The number of nitrogens with two attached hydrogens (primary N) is 1. The number of hydrogen-bond donors (Lipinski definition) is 3. The zero-order valence-electron chi connectivity index (χ0n) is 11.4. The van der Waals surface area contributed by atoms with E-state index < -0.39 is 11.6 Å². The molecule has 0 aliphatic heterocycles. The quantitative estimate of drug-likeness (QED) is 0.700. The van der Waals surface area contributed by atoms with E-state index in [1.165, 1.54) is 0 Å². The normalized spacial score (nSPS) is 15.6. The van der Waals surface area contributed by atoms with Gasteiger partial charge in [0.05, 0.1) is 18.2 Å². The van der Waals surface area contributed by atoms with Gasteiger partial charge >= 0.3 is 0 Å². The van der Waals surface area contributed by atoms with Crippen molar-refractivity contribution in [2.45, 2.75) is 24.9 Å². The van der Waals surface area contributed by atoms with Crippen LogP contribution >= 0.6 is 11.8 Å². The average molecular weight is 282 g/mol. The number of hydrogen-bond acceptors (Lipinski definition) is 4. The standard InChI is InChI=1S/C14H22N2O2S/c1-14(10-17,11-6-4-3-5-7-11)16-13(18)12(15)8-9-19-2/h3-7,12,17H,8-10,15H2,1-2H3,(H,16,18)/t12-,14?/m1/s1. The Labute approximate surface area is 118 Å². The van der Waals surface area contributed by atoms with E-state index >= 15 is 0 Å². The van der Waals surface area contributed by atoms with E-state index in [9.17, 15) is 9.90 Å². The van der Waals surface area contributed by atoms with Gasteiger partial charge in [0.15, 0.2) is 0 Å². The van der Waals surface area contributed by atoms with Crippen molar-refractivity contribution >= 4 is 17.7 Å². The van der Waals surface area contributed by atoms with Crippen LogP contribution in [0.4, 0.5) is 0 Å².